The zero-order chi connectivity index (χ0) is 14.7. The molecule has 0 rings (SSSR count). The van der Waals surface area contributed by atoms with E-state index in [1.54, 1.807) is 0 Å². The fourth-order valence-electron chi connectivity index (χ4n) is 2.95. The van der Waals surface area contributed by atoms with E-state index in [-0.39, 0.29) is 0 Å². The Morgan fingerprint density at radius 1 is 0.842 bits per heavy atom. The molecule has 116 valence electrons. The molecule has 0 spiro atoms. The first-order valence-electron chi connectivity index (χ1n) is 8.01. The molecule has 19 heavy (non-hydrogen) atoms. The van der Waals surface area contributed by atoms with Crippen LogP contribution in [0.3, 0.4) is 0 Å². The average Bonchev–Trinajstić information content (AvgIpc) is 2.36. The fraction of sp³-hybridized carbons (Fsp3) is 1.00. The van der Waals surface area contributed by atoms with E-state index in [0.29, 0.717) is 5.41 Å². The van der Waals surface area contributed by atoms with Crippen LogP contribution in [-0.4, -0.2) is 55.8 Å². The molecule has 0 saturated carbocycles. The second-order valence-electron chi connectivity index (χ2n) is 6.24. The smallest absolute Gasteiger partial charge is 0.0109 e. The summed E-state index contributed by atoms with van der Waals surface area (Å²) in [7, 11) is 4.32. The minimum atomic E-state index is 0.425. The molecule has 0 aliphatic heterocycles. The Bertz CT molecular complexity index is 201. The van der Waals surface area contributed by atoms with Crippen LogP contribution in [0.15, 0.2) is 0 Å². The van der Waals surface area contributed by atoms with Gasteiger partial charge in [0.2, 0.25) is 0 Å². The van der Waals surface area contributed by atoms with E-state index >= 15 is 0 Å². The number of thiol groups is 1. The Labute approximate surface area is 127 Å². The lowest BCUT2D eigenvalue weighted by atomic mass is 9.80. The van der Waals surface area contributed by atoms with Gasteiger partial charge < -0.3 is 9.80 Å². The highest BCUT2D eigenvalue weighted by Gasteiger charge is 2.29. The van der Waals surface area contributed by atoms with Crippen molar-refractivity contribution in [3.63, 3.8) is 0 Å². The van der Waals surface area contributed by atoms with Crippen molar-refractivity contribution in [3.8, 4) is 0 Å². The zero-order valence-corrected chi connectivity index (χ0v) is 14.8. The van der Waals surface area contributed by atoms with E-state index in [2.05, 4.69) is 57.3 Å². The predicted octanol–water partition coefficient (Wildman–Crippen LogP) is 3.78. The second-order valence-corrected chi connectivity index (χ2v) is 6.55. The standard InChI is InChI=1S/C16H36N2S/c1-6-9-16(15-19,10-7-2)14-18(11-8-3)13-12-17(4)5/h19H,6-15H2,1-5H3. The number of hydrogen-bond acceptors (Lipinski definition) is 3. The van der Waals surface area contributed by atoms with E-state index < -0.39 is 0 Å². The Hall–Kier alpha value is 0.270. The van der Waals surface area contributed by atoms with Gasteiger partial charge >= 0.3 is 0 Å². The first-order valence-corrected chi connectivity index (χ1v) is 8.64. The van der Waals surface area contributed by atoms with Gasteiger partial charge in [-0.15, -0.1) is 0 Å². The molecule has 0 aromatic rings. The van der Waals surface area contributed by atoms with E-state index in [0.717, 1.165) is 12.3 Å². The first kappa shape index (κ1) is 19.3. The van der Waals surface area contributed by atoms with Crippen molar-refractivity contribution in [1.29, 1.82) is 0 Å². The van der Waals surface area contributed by atoms with E-state index in [4.69, 9.17) is 0 Å². The van der Waals surface area contributed by atoms with Gasteiger partial charge in [-0.3, -0.25) is 0 Å². The summed E-state index contributed by atoms with van der Waals surface area (Å²) in [5.74, 6) is 1.02. The lowest BCUT2D eigenvalue weighted by Crippen LogP contribution is -2.42. The summed E-state index contributed by atoms with van der Waals surface area (Å²) in [5.41, 5.74) is 0.425. The van der Waals surface area contributed by atoms with Crippen LogP contribution < -0.4 is 0 Å². The molecule has 0 radical (unpaired) electrons. The van der Waals surface area contributed by atoms with Crippen molar-refractivity contribution in [2.75, 3.05) is 46.0 Å². The molecule has 0 saturated heterocycles. The predicted molar refractivity (Wildman–Crippen MR) is 91.4 cm³/mol. The number of nitrogens with zero attached hydrogens (tertiary/aromatic N) is 2. The van der Waals surface area contributed by atoms with Crippen molar-refractivity contribution in [1.82, 2.24) is 9.80 Å². The molecule has 0 aliphatic carbocycles. The third-order valence-electron chi connectivity index (χ3n) is 3.86. The van der Waals surface area contributed by atoms with Gasteiger partial charge in [0.1, 0.15) is 0 Å². The highest BCUT2D eigenvalue weighted by molar-refractivity contribution is 7.80. The average molecular weight is 289 g/mol. The largest absolute Gasteiger partial charge is 0.308 e. The lowest BCUT2D eigenvalue weighted by molar-refractivity contribution is 0.138. The summed E-state index contributed by atoms with van der Waals surface area (Å²) in [6.45, 7) is 11.7. The Morgan fingerprint density at radius 2 is 1.42 bits per heavy atom. The van der Waals surface area contributed by atoms with Gasteiger partial charge in [-0.25, -0.2) is 0 Å². The maximum absolute atomic E-state index is 4.68. The molecule has 0 aromatic carbocycles. The minimum absolute atomic E-state index is 0.425. The van der Waals surface area contributed by atoms with Gasteiger partial charge in [0.25, 0.3) is 0 Å². The van der Waals surface area contributed by atoms with Gasteiger partial charge in [-0.1, -0.05) is 33.6 Å². The summed E-state index contributed by atoms with van der Waals surface area (Å²) < 4.78 is 0. The third-order valence-corrected chi connectivity index (χ3v) is 4.53. The SMILES string of the molecule is CCCN(CCN(C)C)CC(CS)(CCC)CCC. The maximum atomic E-state index is 4.68. The van der Waals surface area contributed by atoms with Gasteiger partial charge in [-0.05, 0) is 51.1 Å². The Kier molecular flexibility index (Phi) is 11.1. The molecule has 0 unspecified atom stereocenters. The summed E-state index contributed by atoms with van der Waals surface area (Å²) >= 11 is 4.68. The Balaban J connectivity index is 4.60. The molecule has 0 bridgehead atoms. The molecular formula is C16H36N2S. The summed E-state index contributed by atoms with van der Waals surface area (Å²) in [6, 6.07) is 0. The highest BCUT2D eigenvalue weighted by atomic mass is 32.1. The first-order chi connectivity index (χ1) is 9.03. The molecule has 0 amide bonds. The van der Waals surface area contributed by atoms with E-state index in [9.17, 15) is 0 Å². The number of rotatable bonds is 12. The van der Waals surface area contributed by atoms with E-state index in [1.165, 1.54) is 51.7 Å². The van der Waals surface area contributed by atoms with Crippen LogP contribution in [0.1, 0.15) is 52.9 Å². The van der Waals surface area contributed by atoms with Gasteiger partial charge in [-0.2, -0.15) is 12.6 Å². The van der Waals surface area contributed by atoms with Crippen molar-refractivity contribution in [2.24, 2.45) is 5.41 Å². The third kappa shape index (κ3) is 8.21. The number of hydrogen-bond donors (Lipinski definition) is 1. The van der Waals surface area contributed by atoms with Crippen LogP contribution in [0.4, 0.5) is 0 Å². The van der Waals surface area contributed by atoms with Gasteiger partial charge in [0.05, 0.1) is 0 Å². The topological polar surface area (TPSA) is 6.48 Å². The van der Waals surface area contributed by atoms with Crippen molar-refractivity contribution >= 4 is 12.6 Å². The normalized spacial score (nSPS) is 12.6. The van der Waals surface area contributed by atoms with E-state index in [1.807, 2.05) is 0 Å². The van der Waals surface area contributed by atoms with Gasteiger partial charge in [0, 0.05) is 19.6 Å². The van der Waals surface area contributed by atoms with Crippen molar-refractivity contribution < 1.29 is 0 Å². The van der Waals surface area contributed by atoms with Crippen molar-refractivity contribution in [2.45, 2.75) is 52.9 Å². The van der Waals surface area contributed by atoms with Crippen molar-refractivity contribution in [3.05, 3.63) is 0 Å². The fourth-order valence-corrected chi connectivity index (χ4v) is 3.37. The molecular weight excluding hydrogens is 252 g/mol. The molecule has 0 heterocycles. The maximum Gasteiger partial charge on any atom is 0.0109 e. The molecule has 3 heteroatoms. The highest BCUT2D eigenvalue weighted by Crippen LogP contribution is 2.32. The summed E-state index contributed by atoms with van der Waals surface area (Å²) in [5, 5.41) is 0. The summed E-state index contributed by atoms with van der Waals surface area (Å²) in [4.78, 5) is 4.94. The zero-order valence-electron chi connectivity index (χ0n) is 13.9. The number of likely N-dealkylation sites (N-methyl/N-ethyl adjacent to an activating group) is 1. The molecule has 0 atom stereocenters. The molecule has 0 N–H and O–H groups in total. The van der Waals surface area contributed by atoms with Crippen LogP contribution >= 0.6 is 12.6 Å². The summed E-state index contributed by atoms with van der Waals surface area (Å²) in [6.07, 6.45) is 6.41. The quantitative estimate of drug-likeness (QED) is 0.546. The van der Waals surface area contributed by atoms with Crippen LogP contribution in [0.25, 0.3) is 0 Å². The molecule has 2 nitrogen and oxygen atoms in total. The lowest BCUT2D eigenvalue weighted by Gasteiger charge is -2.38. The molecule has 0 aromatic heterocycles. The monoisotopic (exact) mass is 288 g/mol. The molecule has 0 fully saturated rings. The van der Waals surface area contributed by atoms with Crippen LogP contribution in [-0.2, 0) is 0 Å². The van der Waals surface area contributed by atoms with Crippen LogP contribution in [0, 0.1) is 5.41 Å². The molecule has 0 aliphatic rings. The second kappa shape index (κ2) is 11.0. The Morgan fingerprint density at radius 3 is 1.79 bits per heavy atom. The minimum Gasteiger partial charge on any atom is -0.308 e. The van der Waals surface area contributed by atoms with Crippen LogP contribution in [0.5, 0.6) is 0 Å². The van der Waals surface area contributed by atoms with Crippen LogP contribution in [0.2, 0.25) is 0 Å². The van der Waals surface area contributed by atoms with Gasteiger partial charge in [0.15, 0.2) is 0 Å².